The SMILES string of the molecule is C=C1NC(=O)C2C(C)CCC3CC(O)C(C)C1C32. The molecule has 7 unspecified atom stereocenters. The van der Waals surface area contributed by atoms with Crippen molar-refractivity contribution >= 4 is 5.91 Å². The van der Waals surface area contributed by atoms with Crippen LogP contribution in [-0.4, -0.2) is 17.1 Å². The van der Waals surface area contributed by atoms with Crippen LogP contribution in [0.5, 0.6) is 0 Å². The number of hydrogen-bond acceptors (Lipinski definition) is 2. The van der Waals surface area contributed by atoms with E-state index >= 15 is 0 Å². The fourth-order valence-corrected chi connectivity index (χ4v) is 4.74. The molecule has 0 bridgehead atoms. The highest BCUT2D eigenvalue weighted by Crippen LogP contribution is 2.54. The summed E-state index contributed by atoms with van der Waals surface area (Å²) < 4.78 is 0. The van der Waals surface area contributed by atoms with Crippen molar-refractivity contribution in [3.8, 4) is 0 Å². The fraction of sp³-hybridized carbons (Fsp3) is 0.800. The number of aliphatic hydroxyl groups is 1. The van der Waals surface area contributed by atoms with E-state index in [-0.39, 0.29) is 29.8 Å². The van der Waals surface area contributed by atoms with E-state index in [0.717, 1.165) is 25.0 Å². The molecule has 3 nitrogen and oxygen atoms in total. The molecule has 0 spiro atoms. The molecule has 0 aromatic heterocycles. The average molecular weight is 249 g/mol. The zero-order valence-corrected chi connectivity index (χ0v) is 11.2. The van der Waals surface area contributed by atoms with E-state index in [0.29, 0.717) is 17.8 Å². The Hall–Kier alpha value is -0.830. The van der Waals surface area contributed by atoms with Gasteiger partial charge in [0, 0.05) is 17.5 Å². The first-order valence-corrected chi connectivity index (χ1v) is 7.18. The van der Waals surface area contributed by atoms with Crippen molar-refractivity contribution in [2.75, 3.05) is 0 Å². The van der Waals surface area contributed by atoms with E-state index in [1.165, 1.54) is 0 Å². The molecule has 1 saturated heterocycles. The Bertz CT molecular complexity index is 392. The van der Waals surface area contributed by atoms with E-state index < -0.39 is 0 Å². The number of aliphatic hydroxyl groups excluding tert-OH is 1. The summed E-state index contributed by atoms with van der Waals surface area (Å²) in [6.45, 7) is 8.34. The normalized spacial score (nSPS) is 51.6. The number of carbonyl (C=O) groups excluding carboxylic acids is 1. The van der Waals surface area contributed by atoms with Gasteiger partial charge in [-0.05, 0) is 42.9 Å². The smallest absolute Gasteiger partial charge is 0.227 e. The lowest BCUT2D eigenvalue weighted by Gasteiger charge is -2.54. The lowest BCUT2D eigenvalue weighted by Crippen LogP contribution is -2.58. The molecule has 3 rings (SSSR count). The highest BCUT2D eigenvalue weighted by Gasteiger charge is 2.54. The third kappa shape index (κ3) is 1.56. The minimum atomic E-state index is -0.239. The molecule has 1 aliphatic heterocycles. The molecule has 100 valence electrons. The van der Waals surface area contributed by atoms with Crippen LogP contribution < -0.4 is 5.32 Å². The van der Waals surface area contributed by atoms with Crippen molar-refractivity contribution in [2.45, 2.75) is 39.2 Å². The molecular formula is C15H23NO2. The van der Waals surface area contributed by atoms with Crippen molar-refractivity contribution < 1.29 is 9.90 Å². The number of nitrogens with one attached hydrogen (secondary N) is 1. The fourth-order valence-electron chi connectivity index (χ4n) is 4.74. The van der Waals surface area contributed by atoms with Crippen molar-refractivity contribution in [1.82, 2.24) is 5.32 Å². The van der Waals surface area contributed by atoms with Gasteiger partial charge in [-0.25, -0.2) is 0 Å². The second kappa shape index (κ2) is 4.09. The maximum Gasteiger partial charge on any atom is 0.227 e. The van der Waals surface area contributed by atoms with E-state index in [2.05, 4.69) is 25.7 Å². The minimum Gasteiger partial charge on any atom is -0.393 e. The van der Waals surface area contributed by atoms with Crippen LogP contribution >= 0.6 is 0 Å². The highest BCUT2D eigenvalue weighted by molar-refractivity contribution is 5.82. The van der Waals surface area contributed by atoms with Crippen molar-refractivity contribution in [3.63, 3.8) is 0 Å². The molecule has 0 aromatic rings. The van der Waals surface area contributed by atoms with Gasteiger partial charge in [0.05, 0.1) is 6.10 Å². The van der Waals surface area contributed by atoms with Crippen LogP contribution in [0.3, 0.4) is 0 Å². The molecule has 0 radical (unpaired) electrons. The molecule has 2 N–H and O–H groups in total. The van der Waals surface area contributed by atoms with Gasteiger partial charge in [0.15, 0.2) is 0 Å². The second-order valence-corrected chi connectivity index (χ2v) is 6.62. The van der Waals surface area contributed by atoms with Crippen LogP contribution in [0, 0.1) is 35.5 Å². The van der Waals surface area contributed by atoms with Crippen LogP contribution in [0.2, 0.25) is 0 Å². The Morgan fingerprint density at radius 3 is 2.72 bits per heavy atom. The summed E-state index contributed by atoms with van der Waals surface area (Å²) in [6.07, 6.45) is 2.89. The average Bonchev–Trinajstić information content (AvgIpc) is 2.30. The zero-order chi connectivity index (χ0) is 13.0. The largest absolute Gasteiger partial charge is 0.393 e. The number of allylic oxidation sites excluding steroid dienone is 1. The second-order valence-electron chi connectivity index (χ2n) is 6.62. The zero-order valence-electron chi connectivity index (χ0n) is 11.2. The van der Waals surface area contributed by atoms with Gasteiger partial charge in [0.2, 0.25) is 5.91 Å². The summed E-state index contributed by atoms with van der Waals surface area (Å²) in [5.74, 6) is 2.16. The standard InChI is InChI=1S/C15H23NO2/c1-7-4-5-10-6-11(17)8(2)13-9(3)16-15(18)12(7)14(10)13/h7-8,10-14,17H,3-6H2,1-2H3,(H,16,18). The molecule has 3 fully saturated rings. The highest BCUT2D eigenvalue weighted by atomic mass is 16.3. The van der Waals surface area contributed by atoms with Gasteiger partial charge >= 0.3 is 0 Å². The third-order valence-corrected chi connectivity index (χ3v) is 5.69. The minimum absolute atomic E-state index is 0.134. The predicted molar refractivity (Wildman–Crippen MR) is 69.4 cm³/mol. The quantitative estimate of drug-likeness (QED) is 0.689. The van der Waals surface area contributed by atoms with E-state index in [1.54, 1.807) is 0 Å². The molecule has 2 saturated carbocycles. The van der Waals surface area contributed by atoms with Crippen LogP contribution in [0.1, 0.15) is 33.1 Å². The molecule has 3 aliphatic rings. The van der Waals surface area contributed by atoms with Gasteiger partial charge in [-0.3, -0.25) is 4.79 Å². The molecule has 1 heterocycles. The summed E-state index contributed by atoms with van der Waals surface area (Å²) in [4.78, 5) is 12.2. The molecule has 7 atom stereocenters. The Balaban J connectivity index is 2.00. The molecule has 18 heavy (non-hydrogen) atoms. The Kier molecular flexibility index (Phi) is 2.77. The predicted octanol–water partition coefficient (Wildman–Crippen LogP) is 1.93. The van der Waals surface area contributed by atoms with Gasteiger partial charge in [0.1, 0.15) is 0 Å². The first-order chi connectivity index (χ1) is 8.50. The van der Waals surface area contributed by atoms with Crippen molar-refractivity contribution in [3.05, 3.63) is 12.3 Å². The topological polar surface area (TPSA) is 49.3 Å². The Labute approximate surface area is 109 Å². The Morgan fingerprint density at radius 2 is 2.00 bits per heavy atom. The molecule has 3 heteroatoms. The number of amides is 1. The molecule has 0 aromatic carbocycles. The third-order valence-electron chi connectivity index (χ3n) is 5.69. The summed E-state index contributed by atoms with van der Waals surface area (Å²) in [6, 6.07) is 0. The summed E-state index contributed by atoms with van der Waals surface area (Å²) in [5.41, 5.74) is 0.839. The summed E-state index contributed by atoms with van der Waals surface area (Å²) in [7, 11) is 0. The summed E-state index contributed by atoms with van der Waals surface area (Å²) in [5, 5.41) is 13.2. The number of piperidine rings is 1. The van der Waals surface area contributed by atoms with Crippen molar-refractivity contribution in [2.24, 2.45) is 35.5 Å². The maximum atomic E-state index is 12.2. The van der Waals surface area contributed by atoms with Crippen LogP contribution in [0.15, 0.2) is 12.3 Å². The first kappa shape index (κ1) is 12.2. The van der Waals surface area contributed by atoms with E-state index in [4.69, 9.17) is 0 Å². The lowest BCUT2D eigenvalue weighted by atomic mass is 9.53. The maximum absolute atomic E-state index is 12.2. The van der Waals surface area contributed by atoms with Crippen LogP contribution in [0.4, 0.5) is 0 Å². The molecular weight excluding hydrogens is 226 g/mol. The lowest BCUT2D eigenvalue weighted by molar-refractivity contribution is -0.143. The first-order valence-electron chi connectivity index (χ1n) is 7.18. The molecule has 2 aliphatic carbocycles. The van der Waals surface area contributed by atoms with Crippen LogP contribution in [-0.2, 0) is 4.79 Å². The Morgan fingerprint density at radius 1 is 1.28 bits per heavy atom. The van der Waals surface area contributed by atoms with Gasteiger partial charge in [-0.2, -0.15) is 0 Å². The van der Waals surface area contributed by atoms with Gasteiger partial charge in [-0.15, -0.1) is 0 Å². The number of carbonyl (C=O) groups is 1. The van der Waals surface area contributed by atoms with Gasteiger partial charge < -0.3 is 10.4 Å². The van der Waals surface area contributed by atoms with Crippen molar-refractivity contribution in [1.29, 1.82) is 0 Å². The van der Waals surface area contributed by atoms with E-state index in [1.807, 2.05) is 0 Å². The van der Waals surface area contributed by atoms with E-state index in [9.17, 15) is 9.90 Å². The summed E-state index contributed by atoms with van der Waals surface area (Å²) >= 11 is 0. The number of hydrogen-bond donors (Lipinski definition) is 2. The van der Waals surface area contributed by atoms with Gasteiger partial charge in [-0.1, -0.05) is 20.4 Å². The molecule has 1 amide bonds. The van der Waals surface area contributed by atoms with Gasteiger partial charge in [0.25, 0.3) is 0 Å². The monoisotopic (exact) mass is 249 g/mol. The number of rotatable bonds is 0. The van der Waals surface area contributed by atoms with Crippen LogP contribution in [0.25, 0.3) is 0 Å².